The van der Waals surface area contributed by atoms with Gasteiger partial charge in [0.25, 0.3) is 0 Å². The molecule has 3 heteroatoms. The standard InChI is InChI=1S/C14H19ClO2/c1-12(16)5-3-2-4-10-17-14-8-6-13(11-15)7-9-14/h6-9H,2-5,10-11H2,1H3. The molecule has 0 bridgehead atoms. The molecule has 17 heavy (non-hydrogen) atoms. The summed E-state index contributed by atoms with van der Waals surface area (Å²) in [6.45, 7) is 2.34. The van der Waals surface area contributed by atoms with Crippen LogP contribution in [0, 0.1) is 0 Å². The van der Waals surface area contributed by atoms with Crippen LogP contribution in [0.2, 0.25) is 0 Å². The fraction of sp³-hybridized carbons (Fsp3) is 0.500. The van der Waals surface area contributed by atoms with Gasteiger partial charge in [-0.1, -0.05) is 12.1 Å². The summed E-state index contributed by atoms with van der Waals surface area (Å²) in [6.07, 6.45) is 3.68. The van der Waals surface area contributed by atoms with E-state index in [0.717, 1.165) is 30.6 Å². The fourth-order valence-corrected chi connectivity index (χ4v) is 1.70. The predicted octanol–water partition coefficient (Wildman–Crippen LogP) is 3.95. The Morgan fingerprint density at radius 3 is 2.47 bits per heavy atom. The Morgan fingerprint density at radius 2 is 1.88 bits per heavy atom. The molecule has 0 atom stereocenters. The summed E-state index contributed by atoms with van der Waals surface area (Å²) in [5, 5.41) is 0. The average molecular weight is 255 g/mol. The fourth-order valence-electron chi connectivity index (χ4n) is 1.52. The summed E-state index contributed by atoms with van der Waals surface area (Å²) in [5.41, 5.74) is 1.10. The van der Waals surface area contributed by atoms with Crippen LogP contribution < -0.4 is 4.74 Å². The Morgan fingerprint density at radius 1 is 1.18 bits per heavy atom. The van der Waals surface area contributed by atoms with Crippen LogP contribution in [-0.4, -0.2) is 12.4 Å². The van der Waals surface area contributed by atoms with Crippen LogP contribution in [0.1, 0.15) is 38.2 Å². The summed E-state index contributed by atoms with van der Waals surface area (Å²) in [6, 6.07) is 7.82. The highest BCUT2D eigenvalue weighted by atomic mass is 35.5. The monoisotopic (exact) mass is 254 g/mol. The van der Waals surface area contributed by atoms with Crippen LogP contribution >= 0.6 is 11.6 Å². The van der Waals surface area contributed by atoms with Gasteiger partial charge in [0.15, 0.2) is 0 Å². The molecule has 0 unspecified atom stereocenters. The third-order valence-corrected chi connectivity index (χ3v) is 2.83. The third-order valence-electron chi connectivity index (χ3n) is 2.52. The smallest absolute Gasteiger partial charge is 0.129 e. The Balaban J connectivity index is 2.11. The minimum absolute atomic E-state index is 0.266. The van der Waals surface area contributed by atoms with Gasteiger partial charge >= 0.3 is 0 Å². The van der Waals surface area contributed by atoms with E-state index in [4.69, 9.17) is 16.3 Å². The quantitative estimate of drug-likeness (QED) is 0.519. The summed E-state index contributed by atoms with van der Waals surface area (Å²) >= 11 is 5.70. The number of Topliss-reactive ketones (excluding diaryl/α,β-unsaturated/α-hetero) is 1. The third kappa shape index (κ3) is 6.32. The van der Waals surface area contributed by atoms with Crippen LogP contribution in [0.25, 0.3) is 0 Å². The molecule has 1 aromatic carbocycles. The zero-order valence-corrected chi connectivity index (χ0v) is 11.0. The van der Waals surface area contributed by atoms with E-state index >= 15 is 0 Å². The molecular formula is C14H19ClO2. The van der Waals surface area contributed by atoms with Crippen molar-refractivity contribution in [2.75, 3.05) is 6.61 Å². The van der Waals surface area contributed by atoms with Crippen LogP contribution in [0.15, 0.2) is 24.3 Å². The van der Waals surface area contributed by atoms with E-state index in [9.17, 15) is 4.79 Å². The summed E-state index contributed by atoms with van der Waals surface area (Å²) < 4.78 is 5.58. The first-order valence-corrected chi connectivity index (χ1v) is 6.53. The molecule has 1 rings (SSSR count). The number of carbonyl (C=O) groups excluding carboxylic acids is 1. The van der Waals surface area contributed by atoms with E-state index in [2.05, 4.69) is 0 Å². The van der Waals surface area contributed by atoms with Crippen molar-refractivity contribution >= 4 is 17.4 Å². The minimum atomic E-state index is 0.266. The van der Waals surface area contributed by atoms with Gasteiger partial charge in [0.2, 0.25) is 0 Å². The molecule has 1 aromatic rings. The molecule has 2 nitrogen and oxygen atoms in total. The van der Waals surface area contributed by atoms with E-state index in [1.807, 2.05) is 24.3 Å². The largest absolute Gasteiger partial charge is 0.494 e. The highest BCUT2D eigenvalue weighted by Gasteiger charge is 1.96. The second-order valence-corrected chi connectivity index (χ2v) is 4.41. The van der Waals surface area contributed by atoms with Crippen molar-refractivity contribution in [3.63, 3.8) is 0 Å². The predicted molar refractivity (Wildman–Crippen MR) is 70.6 cm³/mol. The molecule has 0 aliphatic carbocycles. The second-order valence-electron chi connectivity index (χ2n) is 4.14. The van der Waals surface area contributed by atoms with Crippen molar-refractivity contribution in [3.05, 3.63) is 29.8 Å². The first-order valence-electron chi connectivity index (χ1n) is 5.99. The lowest BCUT2D eigenvalue weighted by molar-refractivity contribution is -0.117. The number of ketones is 1. The number of hydrogen-bond acceptors (Lipinski definition) is 2. The zero-order valence-electron chi connectivity index (χ0n) is 10.2. The number of hydrogen-bond donors (Lipinski definition) is 0. The van der Waals surface area contributed by atoms with E-state index < -0.39 is 0 Å². The van der Waals surface area contributed by atoms with Gasteiger partial charge < -0.3 is 9.53 Å². The van der Waals surface area contributed by atoms with Crippen molar-refractivity contribution in [1.82, 2.24) is 0 Å². The first kappa shape index (κ1) is 14.0. The first-order chi connectivity index (χ1) is 8.22. The van der Waals surface area contributed by atoms with Gasteiger partial charge in [-0.15, -0.1) is 11.6 Å². The molecule has 0 aliphatic rings. The van der Waals surface area contributed by atoms with Crippen molar-refractivity contribution in [2.24, 2.45) is 0 Å². The van der Waals surface area contributed by atoms with Crippen molar-refractivity contribution < 1.29 is 9.53 Å². The van der Waals surface area contributed by atoms with E-state index in [1.54, 1.807) is 6.92 Å². The van der Waals surface area contributed by atoms with E-state index in [0.29, 0.717) is 18.9 Å². The Kier molecular flexibility index (Phi) is 6.71. The lowest BCUT2D eigenvalue weighted by Gasteiger charge is -2.06. The molecule has 0 spiro atoms. The molecule has 0 heterocycles. The minimum Gasteiger partial charge on any atom is -0.494 e. The highest BCUT2D eigenvalue weighted by molar-refractivity contribution is 6.17. The normalized spacial score (nSPS) is 10.2. The van der Waals surface area contributed by atoms with E-state index in [-0.39, 0.29) is 5.78 Å². The van der Waals surface area contributed by atoms with Gasteiger partial charge in [-0.2, -0.15) is 0 Å². The summed E-state index contributed by atoms with van der Waals surface area (Å²) in [5.74, 6) is 1.68. The van der Waals surface area contributed by atoms with Gasteiger partial charge in [-0.25, -0.2) is 0 Å². The summed E-state index contributed by atoms with van der Waals surface area (Å²) in [7, 11) is 0. The highest BCUT2D eigenvalue weighted by Crippen LogP contribution is 2.14. The average Bonchev–Trinajstić information content (AvgIpc) is 2.34. The molecule has 94 valence electrons. The zero-order chi connectivity index (χ0) is 12.5. The topological polar surface area (TPSA) is 26.3 Å². The van der Waals surface area contributed by atoms with Gasteiger partial charge in [0.05, 0.1) is 6.61 Å². The lowest BCUT2D eigenvalue weighted by atomic mass is 10.1. The number of carbonyl (C=O) groups is 1. The molecule has 0 aliphatic heterocycles. The Labute approximate surface area is 108 Å². The number of unbranched alkanes of at least 4 members (excludes halogenated alkanes) is 2. The Bertz CT molecular complexity index is 333. The van der Waals surface area contributed by atoms with Gasteiger partial charge in [0.1, 0.15) is 11.5 Å². The number of ether oxygens (including phenoxy) is 1. The number of alkyl halides is 1. The molecule has 0 aromatic heterocycles. The number of halogens is 1. The molecule has 0 saturated carbocycles. The maximum atomic E-state index is 10.7. The summed E-state index contributed by atoms with van der Waals surface area (Å²) in [4.78, 5) is 10.7. The maximum Gasteiger partial charge on any atom is 0.129 e. The van der Waals surface area contributed by atoms with Crippen LogP contribution in [-0.2, 0) is 10.7 Å². The van der Waals surface area contributed by atoms with Gasteiger partial charge in [-0.3, -0.25) is 0 Å². The van der Waals surface area contributed by atoms with Crippen molar-refractivity contribution in [3.8, 4) is 5.75 Å². The van der Waals surface area contributed by atoms with Crippen LogP contribution in [0.4, 0.5) is 0 Å². The SMILES string of the molecule is CC(=O)CCCCCOc1ccc(CCl)cc1. The van der Waals surface area contributed by atoms with Crippen molar-refractivity contribution in [2.45, 2.75) is 38.5 Å². The number of benzene rings is 1. The second kappa shape index (κ2) is 8.13. The van der Waals surface area contributed by atoms with Gasteiger partial charge in [0, 0.05) is 12.3 Å². The van der Waals surface area contributed by atoms with Crippen molar-refractivity contribution in [1.29, 1.82) is 0 Å². The Hall–Kier alpha value is -1.02. The van der Waals surface area contributed by atoms with Gasteiger partial charge in [-0.05, 0) is 43.9 Å². The molecule has 0 saturated heterocycles. The lowest BCUT2D eigenvalue weighted by Crippen LogP contribution is -1.98. The van der Waals surface area contributed by atoms with Crippen LogP contribution in [0.3, 0.4) is 0 Å². The van der Waals surface area contributed by atoms with E-state index in [1.165, 1.54) is 0 Å². The molecule has 0 radical (unpaired) electrons. The maximum absolute atomic E-state index is 10.7. The molecule has 0 amide bonds. The van der Waals surface area contributed by atoms with Crippen LogP contribution in [0.5, 0.6) is 5.75 Å². The number of rotatable bonds is 8. The molecule has 0 N–H and O–H groups in total. The molecular weight excluding hydrogens is 236 g/mol. The molecule has 0 fully saturated rings.